The first-order valence-electron chi connectivity index (χ1n) is 9.77. The van der Waals surface area contributed by atoms with E-state index in [-0.39, 0.29) is 30.4 Å². The minimum absolute atomic E-state index is 0.0934. The summed E-state index contributed by atoms with van der Waals surface area (Å²) in [6.45, 7) is 4.05. The Morgan fingerprint density at radius 2 is 2.00 bits per heavy atom. The standard InChI is InChI=1S/C22H22N2O6S2/c1-14-3-4-15(2)18(11-14)30-9-7-23-21(26)20(32-22(23)27)13-16-5-6-19(31-10-8-25)17(12-16)24(28)29/h3-6,11-13,25H,7-10H2,1-2H3/b20-13-. The molecular weight excluding hydrogens is 452 g/mol. The van der Waals surface area contributed by atoms with Crippen LogP contribution < -0.4 is 4.74 Å². The van der Waals surface area contributed by atoms with Crippen LogP contribution in [0.15, 0.2) is 46.2 Å². The molecule has 0 atom stereocenters. The molecule has 1 aliphatic rings. The van der Waals surface area contributed by atoms with Crippen molar-refractivity contribution >= 4 is 46.4 Å². The van der Waals surface area contributed by atoms with Gasteiger partial charge >= 0.3 is 0 Å². The zero-order valence-corrected chi connectivity index (χ0v) is 19.2. The Balaban J connectivity index is 1.70. The summed E-state index contributed by atoms with van der Waals surface area (Å²) in [4.78, 5) is 37.7. The van der Waals surface area contributed by atoms with Gasteiger partial charge < -0.3 is 9.84 Å². The van der Waals surface area contributed by atoms with Gasteiger partial charge in [-0.05, 0) is 60.5 Å². The smallest absolute Gasteiger partial charge is 0.293 e. The lowest BCUT2D eigenvalue weighted by Crippen LogP contribution is -2.32. The first-order chi connectivity index (χ1) is 15.3. The van der Waals surface area contributed by atoms with E-state index >= 15 is 0 Å². The Bertz CT molecular complexity index is 1090. The summed E-state index contributed by atoms with van der Waals surface area (Å²) in [5.74, 6) is 0.591. The third-order valence-corrected chi connectivity index (χ3v) is 6.57. The number of nitro groups is 1. The molecule has 10 heteroatoms. The minimum atomic E-state index is -0.507. The number of ether oxygens (including phenoxy) is 1. The second-order valence-electron chi connectivity index (χ2n) is 7.01. The average Bonchev–Trinajstić information content (AvgIpc) is 3.02. The summed E-state index contributed by atoms with van der Waals surface area (Å²) in [6, 6.07) is 10.4. The SMILES string of the molecule is Cc1ccc(C)c(OCCN2C(=O)S/C(=C\c3ccc(SCCO)c([N+](=O)[O-])c3)C2=O)c1. The molecule has 0 aromatic heterocycles. The van der Waals surface area contributed by atoms with E-state index in [0.717, 1.165) is 27.8 Å². The molecular formula is C22H22N2O6S2. The van der Waals surface area contributed by atoms with Crippen molar-refractivity contribution in [2.75, 3.05) is 25.5 Å². The molecule has 32 heavy (non-hydrogen) atoms. The molecule has 1 saturated heterocycles. The maximum atomic E-state index is 12.7. The fourth-order valence-corrected chi connectivity index (χ4v) is 4.62. The first-order valence-corrected chi connectivity index (χ1v) is 11.6. The van der Waals surface area contributed by atoms with Crippen molar-refractivity contribution in [1.82, 2.24) is 4.90 Å². The molecule has 2 amide bonds. The zero-order chi connectivity index (χ0) is 23.3. The monoisotopic (exact) mass is 474 g/mol. The molecule has 1 heterocycles. The second-order valence-corrected chi connectivity index (χ2v) is 9.14. The van der Waals surface area contributed by atoms with E-state index in [1.165, 1.54) is 23.9 Å². The molecule has 0 aliphatic carbocycles. The Kier molecular flexibility index (Phi) is 7.94. The highest BCUT2D eigenvalue weighted by Gasteiger charge is 2.35. The molecule has 0 bridgehead atoms. The lowest BCUT2D eigenvalue weighted by Gasteiger charge is -2.14. The van der Waals surface area contributed by atoms with Crippen LogP contribution in [-0.2, 0) is 4.79 Å². The van der Waals surface area contributed by atoms with Crippen LogP contribution in [0.2, 0.25) is 0 Å². The van der Waals surface area contributed by atoms with Crippen LogP contribution in [-0.4, -0.2) is 51.6 Å². The fraction of sp³-hybridized carbons (Fsp3) is 0.273. The third-order valence-electron chi connectivity index (χ3n) is 4.62. The topological polar surface area (TPSA) is 110 Å². The van der Waals surface area contributed by atoms with Crippen LogP contribution in [0.4, 0.5) is 10.5 Å². The van der Waals surface area contributed by atoms with E-state index < -0.39 is 16.1 Å². The van der Waals surface area contributed by atoms with Gasteiger partial charge in [-0.3, -0.25) is 24.6 Å². The molecule has 3 rings (SSSR count). The van der Waals surface area contributed by atoms with Crippen LogP contribution in [0.5, 0.6) is 5.75 Å². The summed E-state index contributed by atoms with van der Waals surface area (Å²) in [7, 11) is 0. The van der Waals surface area contributed by atoms with Gasteiger partial charge in [0.2, 0.25) is 0 Å². The third kappa shape index (κ3) is 5.70. The molecule has 2 aromatic carbocycles. The van der Waals surface area contributed by atoms with Gasteiger partial charge in [0.1, 0.15) is 12.4 Å². The molecule has 1 N–H and O–H groups in total. The number of benzene rings is 2. The van der Waals surface area contributed by atoms with Gasteiger partial charge in [-0.1, -0.05) is 18.2 Å². The molecule has 168 valence electrons. The number of aliphatic hydroxyl groups excluding tert-OH is 1. The normalized spacial score (nSPS) is 15.0. The fourth-order valence-electron chi connectivity index (χ4n) is 3.00. The highest BCUT2D eigenvalue weighted by molar-refractivity contribution is 8.18. The highest BCUT2D eigenvalue weighted by atomic mass is 32.2. The van der Waals surface area contributed by atoms with Gasteiger partial charge in [0, 0.05) is 11.8 Å². The average molecular weight is 475 g/mol. The second kappa shape index (κ2) is 10.7. The van der Waals surface area contributed by atoms with E-state index in [0.29, 0.717) is 22.0 Å². The molecule has 8 nitrogen and oxygen atoms in total. The molecule has 1 aliphatic heterocycles. The maximum absolute atomic E-state index is 12.7. The minimum Gasteiger partial charge on any atom is -0.491 e. The van der Waals surface area contributed by atoms with Gasteiger partial charge in [-0.2, -0.15) is 0 Å². The largest absolute Gasteiger partial charge is 0.491 e. The van der Waals surface area contributed by atoms with Crippen LogP contribution in [0.1, 0.15) is 16.7 Å². The number of nitrogens with zero attached hydrogens (tertiary/aromatic N) is 2. The van der Waals surface area contributed by atoms with Gasteiger partial charge in [0.05, 0.1) is 27.9 Å². The number of thioether (sulfide) groups is 2. The molecule has 0 radical (unpaired) electrons. The highest BCUT2D eigenvalue weighted by Crippen LogP contribution is 2.35. The van der Waals surface area contributed by atoms with Crippen LogP contribution in [0, 0.1) is 24.0 Å². The summed E-state index contributed by atoms with van der Waals surface area (Å²) < 4.78 is 5.75. The Hall–Kier alpha value is -2.82. The number of carbonyl (C=O) groups excluding carboxylic acids is 2. The lowest BCUT2D eigenvalue weighted by atomic mass is 10.1. The van der Waals surface area contributed by atoms with Crippen molar-refractivity contribution in [2.45, 2.75) is 18.7 Å². The number of carbonyl (C=O) groups is 2. The number of imide groups is 1. The van der Waals surface area contributed by atoms with Crippen molar-refractivity contribution in [2.24, 2.45) is 0 Å². The molecule has 0 spiro atoms. The quantitative estimate of drug-likeness (QED) is 0.246. The Labute approximate surface area is 193 Å². The number of hydrogen-bond donors (Lipinski definition) is 1. The summed E-state index contributed by atoms with van der Waals surface area (Å²) in [5, 5.41) is 19.9. The Morgan fingerprint density at radius 3 is 2.72 bits per heavy atom. The van der Waals surface area contributed by atoms with Gasteiger partial charge in [0.15, 0.2) is 0 Å². The predicted molar refractivity (Wildman–Crippen MR) is 125 cm³/mol. The number of nitro benzene ring substituents is 1. The van der Waals surface area contributed by atoms with Crippen LogP contribution >= 0.6 is 23.5 Å². The first kappa shape index (κ1) is 23.8. The van der Waals surface area contributed by atoms with Crippen molar-refractivity contribution in [3.05, 3.63) is 68.1 Å². The number of rotatable bonds is 9. The van der Waals surface area contributed by atoms with Crippen molar-refractivity contribution in [3.63, 3.8) is 0 Å². The molecule has 1 fully saturated rings. The van der Waals surface area contributed by atoms with E-state index in [2.05, 4.69) is 0 Å². The van der Waals surface area contributed by atoms with E-state index in [4.69, 9.17) is 9.84 Å². The maximum Gasteiger partial charge on any atom is 0.293 e. The molecule has 2 aromatic rings. The predicted octanol–water partition coefficient (Wildman–Crippen LogP) is 4.41. The van der Waals surface area contributed by atoms with Crippen LogP contribution in [0.25, 0.3) is 6.08 Å². The van der Waals surface area contributed by atoms with Crippen molar-refractivity contribution in [3.8, 4) is 5.75 Å². The summed E-state index contributed by atoms with van der Waals surface area (Å²) >= 11 is 1.97. The van der Waals surface area contributed by atoms with E-state index in [9.17, 15) is 19.7 Å². The number of aliphatic hydroxyl groups is 1. The number of aryl methyl sites for hydroxylation is 2. The van der Waals surface area contributed by atoms with E-state index in [1.807, 2.05) is 32.0 Å². The lowest BCUT2D eigenvalue weighted by molar-refractivity contribution is -0.387. The van der Waals surface area contributed by atoms with Gasteiger partial charge in [0.25, 0.3) is 16.8 Å². The number of amides is 2. The van der Waals surface area contributed by atoms with Gasteiger partial charge in [-0.25, -0.2) is 0 Å². The van der Waals surface area contributed by atoms with Gasteiger partial charge in [-0.15, -0.1) is 11.8 Å². The zero-order valence-electron chi connectivity index (χ0n) is 17.6. The number of hydrogen-bond acceptors (Lipinski definition) is 8. The molecule has 0 unspecified atom stereocenters. The molecule has 0 saturated carbocycles. The summed E-state index contributed by atoms with van der Waals surface area (Å²) in [6.07, 6.45) is 1.48. The van der Waals surface area contributed by atoms with Crippen LogP contribution in [0.3, 0.4) is 0 Å². The van der Waals surface area contributed by atoms with E-state index in [1.54, 1.807) is 12.1 Å². The van der Waals surface area contributed by atoms with Crippen molar-refractivity contribution < 1.29 is 24.4 Å². The summed E-state index contributed by atoms with van der Waals surface area (Å²) in [5.41, 5.74) is 2.35. The van der Waals surface area contributed by atoms with Crippen molar-refractivity contribution in [1.29, 1.82) is 0 Å². The Morgan fingerprint density at radius 1 is 1.22 bits per heavy atom.